The molecule has 2 heterocycles. The fourth-order valence-electron chi connectivity index (χ4n) is 3.31. The Labute approximate surface area is 122 Å². The van der Waals surface area contributed by atoms with Crippen molar-refractivity contribution in [2.45, 2.75) is 32.1 Å². The minimum atomic E-state index is 0.0409. The fourth-order valence-corrected chi connectivity index (χ4v) is 3.31. The number of hydrogen-bond donors (Lipinski definition) is 2. The van der Waals surface area contributed by atoms with Gasteiger partial charge in [0.15, 0.2) is 0 Å². The van der Waals surface area contributed by atoms with Gasteiger partial charge in [0.1, 0.15) is 0 Å². The Kier molecular flexibility index (Phi) is 2.64. The van der Waals surface area contributed by atoms with Crippen LogP contribution >= 0.6 is 0 Å². The van der Waals surface area contributed by atoms with Crippen LogP contribution in [-0.4, -0.2) is 17.5 Å². The smallest absolute Gasteiger partial charge is 0.243 e. The van der Waals surface area contributed by atoms with E-state index in [1.54, 1.807) is 0 Å². The largest absolute Gasteiger partial charge is 0.326 e. The van der Waals surface area contributed by atoms with Crippen molar-refractivity contribution in [1.82, 2.24) is 5.43 Å². The summed E-state index contributed by atoms with van der Waals surface area (Å²) in [5.41, 5.74) is 6.71. The van der Waals surface area contributed by atoms with Crippen molar-refractivity contribution in [2.24, 2.45) is 16.9 Å². The maximum Gasteiger partial charge on any atom is 0.243 e. The van der Waals surface area contributed by atoms with Gasteiger partial charge >= 0.3 is 0 Å². The van der Waals surface area contributed by atoms with E-state index in [9.17, 15) is 9.59 Å². The maximum atomic E-state index is 11.7. The standard InChI is InChI=1S/C16H17N3O2/c1-8-2-5-14(20)17-13-4-3-9(6-10(8)13)15-11-7-12(11)16(21)19-18-15/h3-4,6,8,11-12H,2,5,7H2,1H3,(H,17,20)(H,19,21). The summed E-state index contributed by atoms with van der Waals surface area (Å²) in [4.78, 5) is 23.2. The van der Waals surface area contributed by atoms with Crippen molar-refractivity contribution in [2.75, 3.05) is 5.32 Å². The molecular weight excluding hydrogens is 266 g/mol. The molecule has 0 spiro atoms. The molecule has 5 nitrogen and oxygen atoms in total. The number of amides is 2. The van der Waals surface area contributed by atoms with Gasteiger partial charge in [-0.25, -0.2) is 5.43 Å². The van der Waals surface area contributed by atoms with Gasteiger partial charge in [-0.15, -0.1) is 0 Å². The average Bonchev–Trinajstić information content (AvgIpc) is 3.27. The number of carbonyl (C=O) groups excluding carboxylic acids is 2. The van der Waals surface area contributed by atoms with E-state index in [1.807, 2.05) is 12.1 Å². The van der Waals surface area contributed by atoms with E-state index in [0.29, 0.717) is 12.3 Å². The molecule has 3 atom stereocenters. The summed E-state index contributed by atoms with van der Waals surface area (Å²) in [5.74, 6) is 0.839. The predicted octanol–water partition coefficient (Wildman–Crippen LogP) is 1.99. The summed E-state index contributed by atoms with van der Waals surface area (Å²) in [6.45, 7) is 2.15. The molecule has 4 rings (SSSR count). The number of nitrogens with zero attached hydrogens (tertiary/aromatic N) is 1. The lowest BCUT2D eigenvalue weighted by Gasteiger charge is -2.16. The molecule has 2 aliphatic heterocycles. The zero-order chi connectivity index (χ0) is 14.6. The fraction of sp³-hybridized carbons (Fsp3) is 0.438. The second kappa shape index (κ2) is 4.41. The summed E-state index contributed by atoms with van der Waals surface area (Å²) < 4.78 is 0. The van der Waals surface area contributed by atoms with Crippen LogP contribution in [0.15, 0.2) is 23.3 Å². The van der Waals surface area contributed by atoms with Crippen LogP contribution in [0.4, 0.5) is 5.69 Å². The molecule has 3 aliphatic rings. The second-order valence-electron chi connectivity index (χ2n) is 6.21. The van der Waals surface area contributed by atoms with Crippen LogP contribution in [0, 0.1) is 11.8 Å². The molecule has 3 unspecified atom stereocenters. The van der Waals surface area contributed by atoms with Crippen molar-refractivity contribution in [3.63, 3.8) is 0 Å². The first kappa shape index (κ1) is 12.6. The summed E-state index contributed by atoms with van der Waals surface area (Å²) in [7, 11) is 0. The maximum absolute atomic E-state index is 11.7. The molecule has 0 saturated heterocycles. The molecule has 2 amide bonds. The Morgan fingerprint density at radius 3 is 2.95 bits per heavy atom. The number of benzene rings is 1. The monoisotopic (exact) mass is 283 g/mol. The van der Waals surface area contributed by atoms with Gasteiger partial charge in [-0.2, -0.15) is 5.10 Å². The topological polar surface area (TPSA) is 70.6 Å². The van der Waals surface area contributed by atoms with Crippen LogP contribution in [0.1, 0.15) is 43.2 Å². The first-order valence-corrected chi connectivity index (χ1v) is 7.45. The quantitative estimate of drug-likeness (QED) is 0.827. The van der Waals surface area contributed by atoms with Crippen LogP contribution in [0.5, 0.6) is 0 Å². The molecule has 108 valence electrons. The third kappa shape index (κ3) is 2.04. The molecule has 21 heavy (non-hydrogen) atoms. The molecule has 1 saturated carbocycles. The predicted molar refractivity (Wildman–Crippen MR) is 79.0 cm³/mol. The van der Waals surface area contributed by atoms with E-state index in [0.717, 1.165) is 35.4 Å². The van der Waals surface area contributed by atoms with Gasteiger partial charge in [0.2, 0.25) is 11.8 Å². The van der Waals surface area contributed by atoms with Crippen LogP contribution in [0.25, 0.3) is 0 Å². The second-order valence-corrected chi connectivity index (χ2v) is 6.21. The van der Waals surface area contributed by atoms with Gasteiger partial charge in [-0.05, 0) is 42.0 Å². The highest BCUT2D eigenvalue weighted by Gasteiger charge is 2.49. The SMILES string of the molecule is CC1CCC(=O)Nc2ccc(C3=NNC(=O)C4CC34)cc21. The molecule has 1 aromatic rings. The molecule has 0 bridgehead atoms. The number of rotatable bonds is 1. The van der Waals surface area contributed by atoms with Crippen molar-refractivity contribution in [1.29, 1.82) is 0 Å². The first-order valence-electron chi connectivity index (χ1n) is 7.45. The zero-order valence-electron chi connectivity index (χ0n) is 11.8. The number of fused-ring (bicyclic) bond motifs is 2. The number of hydrogen-bond acceptors (Lipinski definition) is 3. The van der Waals surface area contributed by atoms with E-state index in [4.69, 9.17) is 0 Å². The molecular formula is C16H17N3O2. The lowest BCUT2D eigenvalue weighted by atomic mass is 9.92. The van der Waals surface area contributed by atoms with Gasteiger partial charge in [0.25, 0.3) is 0 Å². The molecule has 1 aromatic carbocycles. The van der Waals surface area contributed by atoms with E-state index in [1.165, 1.54) is 0 Å². The summed E-state index contributed by atoms with van der Waals surface area (Å²) in [5, 5.41) is 7.21. The molecule has 1 aliphatic carbocycles. The lowest BCUT2D eigenvalue weighted by molar-refractivity contribution is -0.122. The summed E-state index contributed by atoms with van der Waals surface area (Å²) in [6, 6.07) is 6.07. The van der Waals surface area contributed by atoms with Crippen LogP contribution in [-0.2, 0) is 9.59 Å². The zero-order valence-corrected chi connectivity index (χ0v) is 11.8. The van der Waals surface area contributed by atoms with Crippen LogP contribution in [0.2, 0.25) is 0 Å². The van der Waals surface area contributed by atoms with Crippen molar-refractivity contribution < 1.29 is 9.59 Å². The number of nitrogens with one attached hydrogen (secondary N) is 2. The van der Waals surface area contributed by atoms with E-state index < -0.39 is 0 Å². The molecule has 0 aromatic heterocycles. The van der Waals surface area contributed by atoms with Gasteiger partial charge < -0.3 is 5.32 Å². The minimum Gasteiger partial charge on any atom is -0.326 e. The normalized spacial score (nSPS) is 30.3. The van der Waals surface area contributed by atoms with Crippen molar-refractivity contribution >= 4 is 23.2 Å². The third-order valence-corrected chi connectivity index (χ3v) is 4.72. The van der Waals surface area contributed by atoms with E-state index in [-0.39, 0.29) is 23.7 Å². The highest BCUT2D eigenvalue weighted by atomic mass is 16.2. The van der Waals surface area contributed by atoms with Crippen molar-refractivity contribution in [3.05, 3.63) is 29.3 Å². The van der Waals surface area contributed by atoms with E-state index >= 15 is 0 Å². The first-order chi connectivity index (χ1) is 10.1. The molecule has 2 N–H and O–H groups in total. The molecule has 0 radical (unpaired) electrons. The van der Waals surface area contributed by atoms with Gasteiger partial charge in [0.05, 0.1) is 5.71 Å². The summed E-state index contributed by atoms with van der Waals surface area (Å²) >= 11 is 0. The summed E-state index contributed by atoms with van der Waals surface area (Å²) in [6.07, 6.45) is 2.32. The number of hydrazone groups is 1. The minimum absolute atomic E-state index is 0.0409. The Hall–Kier alpha value is -2.17. The molecule has 5 heteroatoms. The number of carbonyl (C=O) groups is 2. The Morgan fingerprint density at radius 2 is 2.10 bits per heavy atom. The van der Waals surface area contributed by atoms with Crippen LogP contribution in [0.3, 0.4) is 0 Å². The van der Waals surface area contributed by atoms with Gasteiger partial charge in [0, 0.05) is 23.9 Å². The van der Waals surface area contributed by atoms with Crippen molar-refractivity contribution in [3.8, 4) is 0 Å². The Bertz CT molecular complexity index is 680. The Balaban J connectivity index is 1.72. The van der Waals surface area contributed by atoms with Crippen LogP contribution < -0.4 is 10.7 Å². The molecule has 1 fully saturated rings. The van der Waals surface area contributed by atoms with Gasteiger partial charge in [-0.1, -0.05) is 13.0 Å². The highest BCUT2D eigenvalue weighted by Crippen LogP contribution is 2.44. The average molecular weight is 283 g/mol. The number of anilines is 1. The van der Waals surface area contributed by atoms with E-state index in [2.05, 4.69) is 28.8 Å². The highest BCUT2D eigenvalue weighted by molar-refractivity contribution is 6.10. The third-order valence-electron chi connectivity index (χ3n) is 4.72. The lowest BCUT2D eigenvalue weighted by Crippen LogP contribution is -2.28. The van der Waals surface area contributed by atoms with Gasteiger partial charge in [-0.3, -0.25) is 9.59 Å². The Morgan fingerprint density at radius 1 is 1.24 bits per heavy atom.